The molecule has 2 unspecified atom stereocenters. The number of rotatable bonds is 11. The average molecular weight is 565 g/mol. The van der Waals surface area contributed by atoms with Gasteiger partial charge in [-0.1, -0.05) is 23.9 Å². The van der Waals surface area contributed by atoms with E-state index >= 15 is 0 Å². The Bertz CT molecular complexity index is 1250. The van der Waals surface area contributed by atoms with Crippen LogP contribution in [0.15, 0.2) is 42.5 Å². The first-order valence-corrected chi connectivity index (χ1v) is 15.0. The van der Waals surface area contributed by atoms with Crippen LogP contribution in [0.1, 0.15) is 18.4 Å². The Labute approximate surface area is 226 Å². The Morgan fingerprint density at radius 1 is 1.16 bits per heavy atom. The highest BCUT2D eigenvalue weighted by molar-refractivity contribution is 8.15. The summed E-state index contributed by atoms with van der Waals surface area (Å²) < 4.78 is 30.6. The summed E-state index contributed by atoms with van der Waals surface area (Å²) in [6.45, 7) is 2.09. The Morgan fingerprint density at radius 3 is 2.50 bits per heavy atom. The molecule has 2 atom stereocenters. The lowest BCUT2D eigenvalue weighted by molar-refractivity contribution is -0.118. The van der Waals surface area contributed by atoms with Crippen molar-refractivity contribution in [2.45, 2.75) is 36.7 Å². The van der Waals surface area contributed by atoms with Gasteiger partial charge in [-0.05, 0) is 49.1 Å². The molecule has 4 rings (SSSR count). The molecule has 11 nitrogen and oxygen atoms in total. The average Bonchev–Trinajstić information content (AvgIpc) is 3.19. The van der Waals surface area contributed by atoms with E-state index in [-0.39, 0.29) is 40.5 Å². The first kappa shape index (κ1) is 28.0. The lowest BCUT2D eigenvalue weighted by atomic mass is 10.0. The van der Waals surface area contributed by atoms with E-state index in [1.54, 1.807) is 0 Å². The molecule has 2 saturated heterocycles. The summed E-state index contributed by atoms with van der Waals surface area (Å²) in [6.07, 6.45) is 2.56. The van der Waals surface area contributed by atoms with Crippen LogP contribution in [0.25, 0.3) is 0 Å². The number of aliphatic hydroxyl groups is 1. The van der Waals surface area contributed by atoms with Gasteiger partial charge in [0.05, 0.1) is 17.2 Å². The Balaban J connectivity index is 1.17. The molecule has 2 aliphatic rings. The third-order valence-electron chi connectivity index (χ3n) is 6.33. The molecule has 0 aliphatic carbocycles. The van der Waals surface area contributed by atoms with Gasteiger partial charge in [-0.15, -0.1) is 0 Å². The van der Waals surface area contributed by atoms with E-state index in [0.29, 0.717) is 18.7 Å². The molecule has 0 aromatic heterocycles. The molecule has 13 heteroatoms. The Kier molecular flexibility index (Phi) is 9.03. The molecule has 2 heterocycles. The molecule has 2 fully saturated rings. The summed E-state index contributed by atoms with van der Waals surface area (Å²) in [5, 5.41) is 25.2. The van der Waals surface area contributed by atoms with Crippen molar-refractivity contribution in [2.24, 2.45) is 0 Å². The number of phenols is 1. The number of hydrogen-bond donors (Lipinski definition) is 5. The summed E-state index contributed by atoms with van der Waals surface area (Å²) >= 11 is 1.04. The van der Waals surface area contributed by atoms with Gasteiger partial charge >= 0.3 is 0 Å². The number of benzene rings is 2. The maximum Gasteiger partial charge on any atom is 0.286 e. The van der Waals surface area contributed by atoms with Gasteiger partial charge < -0.3 is 25.2 Å². The quantitative estimate of drug-likeness (QED) is 0.254. The number of phenolic OH excluding ortho intramolecular Hbond substituents is 1. The zero-order valence-corrected chi connectivity index (χ0v) is 22.6. The first-order valence-electron chi connectivity index (χ1n) is 12.3. The van der Waals surface area contributed by atoms with Crippen LogP contribution in [0.5, 0.6) is 11.5 Å². The molecule has 38 heavy (non-hydrogen) atoms. The van der Waals surface area contributed by atoms with Crippen molar-refractivity contribution in [2.75, 3.05) is 42.1 Å². The lowest BCUT2D eigenvalue weighted by Gasteiger charge is -2.34. The predicted molar refractivity (Wildman–Crippen MR) is 146 cm³/mol. The molecule has 2 aliphatic heterocycles. The van der Waals surface area contributed by atoms with Gasteiger partial charge in [0, 0.05) is 37.4 Å². The van der Waals surface area contributed by atoms with Gasteiger partial charge in [-0.2, -0.15) is 0 Å². The number of piperidine rings is 1. The molecule has 0 radical (unpaired) electrons. The SMILES string of the molecule is CS(=O)(=O)Nc1cc(OCC(O)CNC2CCN(c3ccc(CC4SC(=O)NC4=O)cc3)CC2)ccc1O. The normalized spacial score (nSPS) is 19.3. The van der Waals surface area contributed by atoms with Crippen molar-refractivity contribution in [3.63, 3.8) is 0 Å². The summed E-state index contributed by atoms with van der Waals surface area (Å²) in [4.78, 5) is 25.4. The molecule has 2 amide bonds. The molecule has 2 aromatic carbocycles. The molecule has 0 saturated carbocycles. The number of amides is 2. The maximum absolute atomic E-state index is 11.8. The molecular formula is C25H32N4O7S2. The van der Waals surface area contributed by atoms with E-state index in [0.717, 1.165) is 55.2 Å². The van der Waals surface area contributed by atoms with Gasteiger partial charge in [-0.3, -0.25) is 19.6 Å². The van der Waals surface area contributed by atoms with E-state index in [9.17, 15) is 28.2 Å². The van der Waals surface area contributed by atoms with Crippen molar-refractivity contribution < 1.29 is 33.0 Å². The molecular weight excluding hydrogens is 532 g/mol. The van der Waals surface area contributed by atoms with Crippen LogP contribution in [-0.2, 0) is 21.2 Å². The van der Waals surface area contributed by atoms with E-state index in [4.69, 9.17) is 4.74 Å². The highest BCUT2D eigenvalue weighted by Gasteiger charge is 2.31. The van der Waals surface area contributed by atoms with Crippen LogP contribution in [-0.4, -0.2) is 79.7 Å². The fraction of sp³-hybridized carbons (Fsp3) is 0.440. The zero-order chi connectivity index (χ0) is 27.3. The number of ether oxygens (including phenoxy) is 1. The molecule has 0 spiro atoms. The van der Waals surface area contributed by atoms with E-state index in [1.165, 1.54) is 18.2 Å². The molecule has 5 N–H and O–H groups in total. The third-order valence-corrected chi connectivity index (χ3v) is 7.90. The summed E-state index contributed by atoms with van der Waals surface area (Å²) in [7, 11) is -3.55. The fourth-order valence-corrected chi connectivity index (χ4v) is 5.79. The summed E-state index contributed by atoms with van der Waals surface area (Å²) in [5.74, 6) is -0.125. The van der Waals surface area contributed by atoms with Crippen LogP contribution >= 0.6 is 11.8 Å². The fourth-order valence-electron chi connectivity index (χ4n) is 4.37. The number of hydrogen-bond acceptors (Lipinski definition) is 10. The van der Waals surface area contributed by atoms with E-state index < -0.39 is 16.1 Å². The van der Waals surface area contributed by atoms with Crippen LogP contribution in [0.2, 0.25) is 0 Å². The number of carbonyl (C=O) groups is 2. The number of sulfonamides is 1. The molecule has 206 valence electrons. The van der Waals surface area contributed by atoms with Crippen molar-refractivity contribution in [3.8, 4) is 11.5 Å². The number of aromatic hydroxyl groups is 1. The zero-order valence-electron chi connectivity index (χ0n) is 20.9. The monoisotopic (exact) mass is 564 g/mol. The summed E-state index contributed by atoms with van der Waals surface area (Å²) in [6, 6.07) is 12.5. The van der Waals surface area contributed by atoms with Crippen LogP contribution in [0, 0.1) is 0 Å². The third kappa shape index (κ3) is 8.00. The number of thioether (sulfide) groups is 1. The van der Waals surface area contributed by atoms with Gasteiger partial charge in [0.25, 0.3) is 5.24 Å². The second-order valence-electron chi connectivity index (χ2n) is 9.44. The van der Waals surface area contributed by atoms with E-state index in [2.05, 4.69) is 20.3 Å². The van der Waals surface area contributed by atoms with Gasteiger partial charge in [0.2, 0.25) is 15.9 Å². The van der Waals surface area contributed by atoms with Gasteiger partial charge in [-0.25, -0.2) is 8.42 Å². The van der Waals surface area contributed by atoms with Crippen LogP contribution < -0.4 is 25.0 Å². The minimum absolute atomic E-state index is 0.00993. The maximum atomic E-state index is 11.8. The van der Waals surface area contributed by atoms with Crippen molar-refractivity contribution in [3.05, 3.63) is 48.0 Å². The van der Waals surface area contributed by atoms with Crippen molar-refractivity contribution >= 4 is 44.3 Å². The number of nitrogens with zero attached hydrogens (tertiary/aromatic N) is 1. The van der Waals surface area contributed by atoms with Crippen LogP contribution in [0.3, 0.4) is 0 Å². The highest BCUT2D eigenvalue weighted by atomic mass is 32.2. The Hall–Kier alpha value is -3.00. The minimum atomic E-state index is -3.55. The molecule has 2 aromatic rings. The number of nitrogens with one attached hydrogen (secondary N) is 3. The molecule has 0 bridgehead atoms. The minimum Gasteiger partial charge on any atom is -0.506 e. The standard InChI is InChI=1S/C25H32N4O7S2/c1-38(34,35)28-21-13-20(6-7-22(21)31)36-15-19(30)14-26-17-8-10-29(11-9-17)18-4-2-16(3-5-18)12-23-24(32)27-25(33)37-23/h2-7,13,17,19,23,26,28,30-31H,8-12,14-15H2,1H3,(H,27,32,33). The van der Waals surface area contributed by atoms with E-state index in [1.807, 2.05) is 24.3 Å². The van der Waals surface area contributed by atoms with Gasteiger partial charge in [0.1, 0.15) is 24.2 Å². The second kappa shape index (κ2) is 12.2. The van der Waals surface area contributed by atoms with Crippen molar-refractivity contribution in [1.82, 2.24) is 10.6 Å². The number of carbonyl (C=O) groups excluding carboxylic acids is 2. The second-order valence-corrected chi connectivity index (χ2v) is 12.4. The summed E-state index contributed by atoms with van der Waals surface area (Å²) in [5.41, 5.74) is 2.13. The highest BCUT2D eigenvalue weighted by Crippen LogP contribution is 2.29. The van der Waals surface area contributed by atoms with Gasteiger partial charge in [0.15, 0.2) is 0 Å². The number of aliphatic hydroxyl groups excluding tert-OH is 1. The van der Waals surface area contributed by atoms with Crippen LogP contribution in [0.4, 0.5) is 16.2 Å². The smallest absolute Gasteiger partial charge is 0.286 e. The lowest BCUT2D eigenvalue weighted by Crippen LogP contribution is -2.45. The Morgan fingerprint density at radius 2 is 1.87 bits per heavy atom. The first-order chi connectivity index (χ1) is 18.1. The largest absolute Gasteiger partial charge is 0.506 e. The number of imide groups is 1. The predicted octanol–water partition coefficient (Wildman–Crippen LogP) is 1.66. The topological polar surface area (TPSA) is 157 Å². The van der Waals surface area contributed by atoms with Crippen molar-refractivity contribution in [1.29, 1.82) is 0 Å². The number of anilines is 2.